The monoisotopic (exact) mass is 280 g/mol. The summed E-state index contributed by atoms with van der Waals surface area (Å²) in [5.74, 6) is -0.387. The number of hydrogen-bond acceptors (Lipinski definition) is 3. The summed E-state index contributed by atoms with van der Waals surface area (Å²) in [7, 11) is -4.22. The van der Waals surface area contributed by atoms with Gasteiger partial charge in [-0.15, -0.1) is 0 Å². The summed E-state index contributed by atoms with van der Waals surface area (Å²) < 4.78 is 16.6. The molecule has 0 aliphatic heterocycles. The van der Waals surface area contributed by atoms with E-state index in [0.29, 0.717) is 32.3 Å². The van der Waals surface area contributed by atoms with E-state index in [4.69, 9.17) is 4.74 Å². The number of rotatable bonds is 9. The molecule has 18 heavy (non-hydrogen) atoms. The fourth-order valence-electron chi connectivity index (χ4n) is 2.31. The highest BCUT2D eigenvalue weighted by atomic mass is 31.2. The predicted molar refractivity (Wildman–Crippen MR) is 70.5 cm³/mol. The largest absolute Gasteiger partial charge is 0.466 e. The molecule has 0 saturated heterocycles. The molecule has 0 radical (unpaired) electrons. The van der Waals surface area contributed by atoms with Gasteiger partial charge in [-0.05, 0) is 26.2 Å². The lowest BCUT2D eigenvalue weighted by Crippen LogP contribution is -2.30. The van der Waals surface area contributed by atoms with E-state index in [9.17, 15) is 19.1 Å². The van der Waals surface area contributed by atoms with Gasteiger partial charge in [0.05, 0.1) is 11.8 Å². The summed E-state index contributed by atoms with van der Waals surface area (Å²) in [6.07, 6.45) is 2.51. The minimum Gasteiger partial charge on any atom is -0.466 e. The molecule has 0 unspecified atom stereocenters. The zero-order chi connectivity index (χ0) is 14.2. The van der Waals surface area contributed by atoms with Gasteiger partial charge in [0.15, 0.2) is 0 Å². The first-order valence-corrected chi connectivity index (χ1v) is 8.15. The second-order valence-electron chi connectivity index (χ2n) is 4.57. The van der Waals surface area contributed by atoms with Crippen LogP contribution in [-0.2, 0) is 14.1 Å². The molecule has 0 atom stereocenters. The van der Waals surface area contributed by atoms with Crippen molar-refractivity contribution in [1.29, 1.82) is 0 Å². The van der Waals surface area contributed by atoms with Gasteiger partial charge in [-0.3, -0.25) is 9.36 Å². The lowest BCUT2D eigenvalue weighted by molar-refractivity contribution is -0.143. The second-order valence-corrected chi connectivity index (χ2v) is 6.61. The van der Waals surface area contributed by atoms with Gasteiger partial charge in [-0.2, -0.15) is 0 Å². The molecule has 0 heterocycles. The Morgan fingerprint density at radius 1 is 1.11 bits per heavy atom. The van der Waals surface area contributed by atoms with Gasteiger partial charge in [-0.1, -0.05) is 26.7 Å². The Morgan fingerprint density at radius 2 is 1.61 bits per heavy atom. The van der Waals surface area contributed by atoms with Crippen LogP contribution >= 0.6 is 7.60 Å². The number of ether oxygens (including phenoxy) is 1. The predicted octanol–water partition coefficient (Wildman–Crippen LogP) is 2.85. The Bertz CT molecular complexity index is 291. The molecular weight excluding hydrogens is 255 g/mol. The average molecular weight is 280 g/mol. The molecule has 0 saturated carbocycles. The van der Waals surface area contributed by atoms with E-state index in [1.807, 2.05) is 13.8 Å². The van der Waals surface area contributed by atoms with Crippen molar-refractivity contribution in [3.63, 3.8) is 0 Å². The molecule has 0 aromatic heterocycles. The molecule has 0 aliphatic carbocycles. The van der Waals surface area contributed by atoms with Crippen LogP contribution in [0, 0.1) is 0 Å². The molecule has 0 aromatic rings. The first-order chi connectivity index (χ1) is 8.33. The number of carbonyl (C=O) groups excluding carboxylic acids is 1. The Kier molecular flexibility index (Phi) is 7.76. The van der Waals surface area contributed by atoms with Crippen LogP contribution in [0.15, 0.2) is 0 Å². The van der Waals surface area contributed by atoms with Gasteiger partial charge >= 0.3 is 13.6 Å². The zero-order valence-corrected chi connectivity index (χ0v) is 12.4. The van der Waals surface area contributed by atoms with E-state index in [-0.39, 0.29) is 18.8 Å². The van der Waals surface area contributed by atoms with E-state index in [1.165, 1.54) is 0 Å². The van der Waals surface area contributed by atoms with Gasteiger partial charge in [0, 0.05) is 6.42 Å². The average Bonchev–Trinajstić information content (AvgIpc) is 2.25. The fourth-order valence-corrected chi connectivity index (χ4v) is 3.74. The van der Waals surface area contributed by atoms with E-state index >= 15 is 0 Å². The lowest BCUT2D eigenvalue weighted by atomic mass is 9.92. The smallest absolute Gasteiger partial charge is 0.331 e. The van der Waals surface area contributed by atoms with Gasteiger partial charge in [0.25, 0.3) is 0 Å². The van der Waals surface area contributed by atoms with Crippen LogP contribution in [0.4, 0.5) is 0 Å². The summed E-state index contributed by atoms with van der Waals surface area (Å²) in [5.41, 5.74) is 0. The number of esters is 1. The number of carbonyl (C=O) groups is 1. The molecule has 0 aromatic carbocycles. The van der Waals surface area contributed by atoms with Crippen LogP contribution in [0.5, 0.6) is 0 Å². The van der Waals surface area contributed by atoms with Crippen LogP contribution in [0.3, 0.4) is 0 Å². The first-order valence-electron chi connectivity index (χ1n) is 6.54. The third-order valence-corrected chi connectivity index (χ3v) is 5.06. The molecular formula is C12H25O5P. The maximum atomic E-state index is 11.7. The molecule has 5 nitrogen and oxygen atoms in total. The van der Waals surface area contributed by atoms with Gasteiger partial charge < -0.3 is 14.5 Å². The minimum absolute atomic E-state index is 0.0684. The van der Waals surface area contributed by atoms with Gasteiger partial charge in [-0.25, -0.2) is 0 Å². The van der Waals surface area contributed by atoms with Crippen molar-refractivity contribution in [2.45, 2.75) is 64.5 Å². The van der Waals surface area contributed by atoms with Crippen LogP contribution in [0.2, 0.25) is 0 Å². The Morgan fingerprint density at radius 3 is 1.94 bits per heavy atom. The summed E-state index contributed by atoms with van der Waals surface area (Å²) >= 11 is 0. The minimum atomic E-state index is -4.22. The Hall–Kier alpha value is -0.380. The molecule has 6 heteroatoms. The van der Waals surface area contributed by atoms with E-state index in [1.54, 1.807) is 6.92 Å². The quantitative estimate of drug-likeness (QED) is 0.501. The third kappa shape index (κ3) is 5.09. The summed E-state index contributed by atoms with van der Waals surface area (Å²) in [6, 6.07) is 0. The first kappa shape index (κ1) is 17.6. The molecule has 0 fully saturated rings. The van der Waals surface area contributed by atoms with Crippen molar-refractivity contribution >= 4 is 13.6 Å². The molecule has 0 amide bonds. The second kappa shape index (κ2) is 7.93. The Labute approximate surface area is 109 Å². The van der Waals surface area contributed by atoms with Crippen LogP contribution in [0.1, 0.15) is 59.3 Å². The molecule has 0 spiro atoms. The highest BCUT2D eigenvalue weighted by Gasteiger charge is 2.45. The highest BCUT2D eigenvalue weighted by molar-refractivity contribution is 7.53. The van der Waals surface area contributed by atoms with Crippen molar-refractivity contribution in [2.75, 3.05) is 6.61 Å². The highest BCUT2D eigenvalue weighted by Crippen LogP contribution is 2.58. The van der Waals surface area contributed by atoms with Gasteiger partial charge in [0.2, 0.25) is 0 Å². The third-order valence-electron chi connectivity index (χ3n) is 3.15. The van der Waals surface area contributed by atoms with Crippen molar-refractivity contribution in [3.05, 3.63) is 0 Å². The molecule has 0 aliphatic rings. The fraction of sp³-hybridized carbons (Fsp3) is 0.917. The van der Waals surface area contributed by atoms with Crippen LogP contribution in [-0.4, -0.2) is 27.5 Å². The zero-order valence-electron chi connectivity index (χ0n) is 11.5. The van der Waals surface area contributed by atoms with Crippen molar-refractivity contribution < 1.29 is 23.9 Å². The molecule has 108 valence electrons. The van der Waals surface area contributed by atoms with Crippen LogP contribution in [0.25, 0.3) is 0 Å². The lowest BCUT2D eigenvalue weighted by Gasteiger charge is -2.33. The van der Waals surface area contributed by atoms with Crippen molar-refractivity contribution in [3.8, 4) is 0 Å². The summed E-state index contributed by atoms with van der Waals surface area (Å²) in [6.45, 7) is 5.80. The van der Waals surface area contributed by atoms with Gasteiger partial charge in [0.1, 0.15) is 0 Å². The maximum Gasteiger partial charge on any atom is 0.331 e. The molecule has 0 bridgehead atoms. The SMILES string of the molecule is CCCC(CCC)(CCC(=O)OCC)P(=O)(O)O. The number of hydrogen-bond donors (Lipinski definition) is 2. The van der Waals surface area contributed by atoms with Crippen molar-refractivity contribution in [2.24, 2.45) is 0 Å². The van der Waals surface area contributed by atoms with E-state index in [0.717, 1.165) is 0 Å². The maximum absolute atomic E-state index is 11.7. The van der Waals surface area contributed by atoms with Crippen molar-refractivity contribution in [1.82, 2.24) is 0 Å². The van der Waals surface area contributed by atoms with E-state index < -0.39 is 12.8 Å². The van der Waals surface area contributed by atoms with E-state index in [2.05, 4.69) is 0 Å². The molecule has 2 N–H and O–H groups in total. The standard InChI is InChI=1S/C12H25O5P/c1-4-8-12(9-5-2,18(14,15)16)10-7-11(13)17-6-3/h4-10H2,1-3H3,(H2,14,15,16). The molecule has 0 rings (SSSR count). The topological polar surface area (TPSA) is 83.8 Å². The normalized spacial score (nSPS) is 12.5. The summed E-state index contributed by atoms with van der Waals surface area (Å²) in [5, 5.41) is -1.07. The summed E-state index contributed by atoms with van der Waals surface area (Å²) in [4.78, 5) is 30.5. The van der Waals surface area contributed by atoms with Crippen LogP contribution < -0.4 is 0 Å². The Balaban J connectivity index is 4.84.